The molecule has 1 heterocycles. The minimum absolute atomic E-state index is 0.377. The Kier molecular flexibility index (Phi) is 6.09. The molecule has 1 N–H and O–H groups in total. The number of rotatable bonds is 3. The third kappa shape index (κ3) is 4.22. The van der Waals surface area contributed by atoms with Crippen molar-refractivity contribution in [2.75, 3.05) is 43.5 Å². The zero-order valence-corrected chi connectivity index (χ0v) is 17.0. The van der Waals surface area contributed by atoms with E-state index in [4.69, 9.17) is 16.3 Å². The van der Waals surface area contributed by atoms with E-state index in [2.05, 4.69) is 36.2 Å². The summed E-state index contributed by atoms with van der Waals surface area (Å²) in [5, 5.41) is 3.06. The summed E-state index contributed by atoms with van der Waals surface area (Å²) in [5.74, 6) is -0.798. The van der Waals surface area contributed by atoms with Crippen molar-refractivity contribution < 1.29 is 14.3 Å². The predicted molar refractivity (Wildman–Crippen MR) is 111 cm³/mol. The molecule has 0 saturated carbocycles. The maximum atomic E-state index is 12.6. The number of piperazine rings is 1. The lowest BCUT2D eigenvalue weighted by Crippen LogP contribution is -2.51. The number of ether oxygens (including phenoxy) is 1. The van der Waals surface area contributed by atoms with Crippen LogP contribution in [0.4, 0.5) is 11.4 Å². The van der Waals surface area contributed by atoms with Gasteiger partial charge in [-0.2, -0.15) is 0 Å². The Morgan fingerprint density at radius 2 is 1.79 bits per heavy atom. The van der Waals surface area contributed by atoms with Gasteiger partial charge in [0.2, 0.25) is 0 Å². The minimum atomic E-state index is -0.694. The average Bonchev–Trinajstić information content (AvgIpc) is 2.70. The first-order valence-corrected chi connectivity index (χ1v) is 9.53. The van der Waals surface area contributed by atoms with Crippen LogP contribution in [0.5, 0.6) is 5.75 Å². The Morgan fingerprint density at radius 3 is 2.46 bits per heavy atom. The number of methoxy groups -OCH3 is 1. The molecule has 0 radical (unpaired) electrons. The zero-order chi connectivity index (χ0) is 20.3. The fraction of sp³-hybridized carbons (Fsp3) is 0.333. The third-order valence-corrected chi connectivity index (χ3v) is 5.32. The fourth-order valence-corrected chi connectivity index (χ4v) is 3.50. The number of anilines is 2. The maximum Gasteiger partial charge on any atom is 0.314 e. The average molecular weight is 402 g/mol. The summed E-state index contributed by atoms with van der Waals surface area (Å²) in [5.41, 5.74) is 4.04. The second-order valence-electron chi connectivity index (χ2n) is 6.80. The van der Waals surface area contributed by atoms with Gasteiger partial charge in [-0.3, -0.25) is 9.59 Å². The van der Waals surface area contributed by atoms with E-state index in [0.717, 1.165) is 0 Å². The van der Waals surface area contributed by atoms with E-state index in [9.17, 15) is 9.59 Å². The molecule has 0 unspecified atom stereocenters. The van der Waals surface area contributed by atoms with Crippen LogP contribution >= 0.6 is 11.6 Å². The Balaban J connectivity index is 1.63. The smallest absolute Gasteiger partial charge is 0.314 e. The molecule has 7 heteroatoms. The summed E-state index contributed by atoms with van der Waals surface area (Å²) in [4.78, 5) is 28.8. The zero-order valence-electron chi connectivity index (χ0n) is 16.3. The van der Waals surface area contributed by atoms with Gasteiger partial charge in [-0.05, 0) is 49.2 Å². The molecule has 1 fully saturated rings. The lowest BCUT2D eigenvalue weighted by Gasteiger charge is -2.36. The highest BCUT2D eigenvalue weighted by Gasteiger charge is 2.27. The van der Waals surface area contributed by atoms with Crippen LogP contribution in [0.25, 0.3) is 0 Å². The molecule has 0 bridgehead atoms. The lowest BCUT2D eigenvalue weighted by molar-refractivity contribution is -0.143. The van der Waals surface area contributed by atoms with Gasteiger partial charge in [0.05, 0.1) is 12.8 Å². The van der Waals surface area contributed by atoms with Crippen molar-refractivity contribution in [3.63, 3.8) is 0 Å². The van der Waals surface area contributed by atoms with Crippen LogP contribution < -0.4 is 15.0 Å². The first-order chi connectivity index (χ1) is 13.4. The van der Waals surface area contributed by atoms with E-state index < -0.39 is 11.8 Å². The molecule has 0 aromatic heterocycles. The standard InChI is InChI=1S/C21H24ClN3O3/c1-14-5-4-6-18(15(14)2)24-9-11-25(12-10-24)21(27)20(26)23-17-13-16(22)7-8-19(17)28-3/h4-8,13H,9-12H2,1-3H3,(H,23,26). The normalized spacial score (nSPS) is 14.0. The van der Waals surface area contributed by atoms with Crippen LogP contribution in [0.1, 0.15) is 11.1 Å². The molecular weight excluding hydrogens is 378 g/mol. The van der Waals surface area contributed by atoms with Crippen molar-refractivity contribution in [3.8, 4) is 5.75 Å². The van der Waals surface area contributed by atoms with Crippen LogP contribution in [0.15, 0.2) is 36.4 Å². The number of amides is 2. The maximum absolute atomic E-state index is 12.6. The van der Waals surface area contributed by atoms with Gasteiger partial charge in [-0.1, -0.05) is 23.7 Å². The molecule has 148 valence electrons. The molecule has 0 atom stereocenters. The first-order valence-electron chi connectivity index (χ1n) is 9.15. The van der Waals surface area contributed by atoms with Crippen LogP contribution in [-0.2, 0) is 9.59 Å². The van der Waals surface area contributed by atoms with Crippen molar-refractivity contribution >= 4 is 34.8 Å². The van der Waals surface area contributed by atoms with Crippen LogP contribution in [0, 0.1) is 13.8 Å². The Bertz CT molecular complexity index is 892. The number of carbonyl (C=O) groups is 2. The van der Waals surface area contributed by atoms with E-state index in [1.807, 2.05) is 6.07 Å². The van der Waals surface area contributed by atoms with Crippen molar-refractivity contribution in [2.45, 2.75) is 13.8 Å². The molecular formula is C21H24ClN3O3. The summed E-state index contributed by atoms with van der Waals surface area (Å²) in [6, 6.07) is 11.1. The van der Waals surface area contributed by atoms with Crippen molar-refractivity contribution in [2.24, 2.45) is 0 Å². The summed E-state index contributed by atoms with van der Waals surface area (Å²) < 4.78 is 5.21. The molecule has 6 nitrogen and oxygen atoms in total. The largest absolute Gasteiger partial charge is 0.495 e. The molecule has 0 aliphatic carbocycles. The monoisotopic (exact) mass is 401 g/mol. The van der Waals surface area contributed by atoms with Gasteiger partial charge in [-0.15, -0.1) is 0 Å². The number of hydrogen-bond donors (Lipinski definition) is 1. The van der Waals surface area contributed by atoms with Gasteiger partial charge in [-0.25, -0.2) is 0 Å². The highest BCUT2D eigenvalue weighted by Crippen LogP contribution is 2.28. The number of nitrogens with zero attached hydrogens (tertiary/aromatic N) is 2. The molecule has 2 amide bonds. The van der Waals surface area contributed by atoms with E-state index in [1.165, 1.54) is 23.9 Å². The Labute approximate surface area is 170 Å². The topological polar surface area (TPSA) is 61.9 Å². The van der Waals surface area contributed by atoms with Gasteiger partial charge < -0.3 is 19.9 Å². The Morgan fingerprint density at radius 1 is 1.07 bits per heavy atom. The Hall–Kier alpha value is -2.73. The van der Waals surface area contributed by atoms with Crippen LogP contribution in [0.2, 0.25) is 5.02 Å². The number of aryl methyl sites for hydroxylation is 1. The third-order valence-electron chi connectivity index (χ3n) is 5.09. The summed E-state index contributed by atoms with van der Waals surface area (Å²) in [7, 11) is 1.49. The quantitative estimate of drug-likeness (QED) is 0.802. The van der Waals surface area contributed by atoms with Gasteiger partial charge in [0.25, 0.3) is 0 Å². The molecule has 1 aliphatic heterocycles. The summed E-state index contributed by atoms with van der Waals surface area (Å²) >= 11 is 5.98. The summed E-state index contributed by atoms with van der Waals surface area (Å²) in [6.07, 6.45) is 0. The van der Waals surface area contributed by atoms with Gasteiger partial charge >= 0.3 is 11.8 Å². The predicted octanol–water partition coefficient (Wildman–Crippen LogP) is 3.25. The summed E-state index contributed by atoms with van der Waals surface area (Å²) in [6.45, 7) is 6.55. The fourth-order valence-electron chi connectivity index (χ4n) is 3.33. The second kappa shape index (κ2) is 8.52. The SMILES string of the molecule is COc1ccc(Cl)cc1NC(=O)C(=O)N1CCN(c2cccc(C)c2C)CC1. The van der Waals surface area contributed by atoms with Crippen molar-refractivity contribution in [1.29, 1.82) is 0 Å². The first kappa shape index (κ1) is 20.0. The van der Waals surface area contributed by atoms with Crippen molar-refractivity contribution in [1.82, 2.24) is 4.90 Å². The van der Waals surface area contributed by atoms with Crippen LogP contribution in [0.3, 0.4) is 0 Å². The lowest BCUT2D eigenvalue weighted by atomic mass is 10.1. The van der Waals surface area contributed by atoms with Crippen molar-refractivity contribution in [3.05, 3.63) is 52.5 Å². The van der Waals surface area contributed by atoms with Crippen LogP contribution in [-0.4, -0.2) is 50.0 Å². The van der Waals surface area contributed by atoms with E-state index in [1.54, 1.807) is 23.1 Å². The molecule has 2 aromatic rings. The van der Waals surface area contributed by atoms with E-state index >= 15 is 0 Å². The molecule has 0 spiro atoms. The number of nitrogens with one attached hydrogen (secondary N) is 1. The molecule has 1 aliphatic rings. The minimum Gasteiger partial charge on any atom is -0.495 e. The number of carbonyl (C=O) groups excluding carboxylic acids is 2. The van der Waals surface area contributed by atoms with Gasteiger partial charge in [0.1, 0.15) is 5.75 Å². The molecule has 1 saturated heterocycles. The number of benzene rings is 2. The molecule has 28 heavy (non-hydrogen) atoms. The van der Waals surface area contributed by atoms with Gasteiger partial charge in [0.15, 0.2) is 0 Å². The van der Waals surface area contributed by atoms with Gasteiger partial charge in [0, 0.05) is 36.9 Å². The van der Waals surface area contributed by atoms with E-state index in [-0.39, 0.29) is 0 Å². The highest BCUT2D eigenvalue weighted by atomic mass is 35.5. The molecule has 2 aromatic carbocycles. The molecule has 3 rings (SSSR count). The number of hydrogen-bond acceptors (Lipinski definition) is 4. The number of halogens is 1. The second-order valence-corrected chi connectivity index (χ2v) is 7.23. The van der Waals surface area contributed by atoms with E-state index in [0.29, 0.717) is 42.6 Å². The highest BCUT2D eigenvalue weighted by molar-refractivity contribution is 6.40.